The molecule has 344 valence electrons. The fourth-order valence-electron chi connectivity index (χ4n) is 12.2. The summed E-state index contributed by atoms with van der Waals surface area (Å²) in [5, 5.41) is 12.4. The second-order valence-corrected chi connectivity index (χ2v) is 20.4. The van der Waals surface area contributed by atoms with Gasteiger partial charge in [-0.25, -0.2) is 0 Å². The van der Waals surface area contributed by atoms with Gasteiger partial charge in [0, 0.05) is 80.0 Å². The van der Waals surface area contributed by atoms with Gasteiger partial charge in [0.15, 0.2) is 0 Å². The van der Waals surface area contributed by atoms with Crippen molar-refractivity contribution in [3.63, 3.8) is 0 Å². The van der Waals surface area contributed by atoms with Gasteiger partial charge >= 0.3 is 0 Å². The molecule has 0 aliphatic carbocycles. The molecule has 15 rings (SSSR count). The van der Waals surface area contributed by atoms with E-state index in [4.69, 9.17) is 0 Å². The minimum absolute atomic E-state index is 0.0296. The molecule has 0 fully saturated rings. The minimum atomic E-state index is 0.0296. The van der Waals surface area contributed by atoms with Crippen molar-refractivity contribution in [1.82, 2.24) is 13.5 Å². The number of nitrogens with zero attached hydrogens (tertiary/aromatic N) is 3. The molecule has 5 heteroatoms. The van der Waals surface area contributed by atoms with Crippen LogP contribution in [0.25, 0.3) is 148 Å². The van der Waals surface area contributed by atoms with E-state index in [2.05, 4.69) is 247 Å². The summed E-state index contributed by atoms with van der Waals surface area (Å²) in [6, 6.07) is 77.7. The summed E-state index contributed by atoms with van der Waals surface area (Å²) in [6.45, 7) is 4.18. The highest BCUT2D eigenvalue weighted by atomic mass is 32.1. The van der Waals surface area contributed by atoms with Crippen molar-refractivity contribution >= 4 is 114 Å². The molecule has 0 bridgehead atoms. The Morgan fingerprint density at radius 1 is 0.411 bits per heavy atom. The van der Waals surface area contributed by atoms with E-state index < -0.39 is 0 Å². The lowest BCUT2D eigenvalue weighted by molar-refractivity contribution is 1.13. The maximum atomic E-state index is 14.7. The number of hydrogen-bond donors (Lipinski definition) is 0. The van der Waals surface area contributed by atoms with Crippen molar-refractivity contribution in [2.75, 3.05) is 0 Å². The summed E-state index contributed by atoms with van der Waals surface area (Å²) >= 11 is 1.86. The van der Waals surface area contributed by atoms with Crippen LogP contribution >= 0.6 is 11.3 Å². The van der Waals surface area contributed by atoms with Gasteiger partial charge in [0.25, 0.3) is 5.56 Å². The maximum Gasteiger partial charge on any atom is 0.263 e. The maximum absolute atomic E-state index is 14.7. The Kier molecular flexibility index (Phi) is 9.14. The molecule has 0 spiro atoms. The Bertz CT molecular complexity index is 4980. The van der Waals surface area contributed by atoms with Crippen LogP contribution < -0.4 is 16.0 Å². The molecule has 73 heavy (non-hydrogen) atoms. The second-order valence-electron chi connectivity index (χ2n) is 19.4. The molecule has 0 saturated heterocycles. The number of para-hydroxylation sites is 3. The first kappa shape index (κ1) is 41.7. The smallest absolute Gasteiger partial charge is 0.263 e. The van der Waals surface area contributed by atoms with Gasteiger partial charge < -0.3 is 9.13 Å². The van der Waals surface area contributed by atoms with Gasteiger partial charge in [0.05, 0.1) is 33.1 Å². The van der Waals surface area contributed by atoms with Crippen LogP contribution in [-0.2, 0) is 0 Å². The average Bonchev–Trinajstić information content (AvgIpc) is 4.19. The quantitative estimate of drug-likeness (QED) is 0.163. The lowest BCUT2D eigenvalue weighted by Crippen LogP contribution is -2.42. The van der Waals surface area contributed by atoms with Gasteiger partial charge in [-0.1, -0.05) is 146 Å². The van der Waals surface area contributed by atoms with Gasteiger partial charge in [-0.3, -0.25) is 9.20 Å². The van der Waals surface area contributed by atoms with E-state index in [0.29, 0.717) is 0 Å². The fourth-order valence-corrected chi connectivity index (χ4v) is 13.4. The summed E-state index contributed by atoms with van der Waals surface area (Å²) in [7, 11) is 0. The zero-order valence-electron chi connectivity index (χ0n) is 40.2. The number of pyridine rings is 1. The molecule has 10 aromatic carbocycles. The largest absolute Gasteiger partial charge is 0.309 e. The van der Waals surface area contributed by atoms with Gasteiger partial charge in [0.2, 0.25) is 0 Å². The summed E-state index contributed by atoms with van der Waals surface area (Å²) < 4.78 is 9.35. The first-order valence-corrected chi connectivity index (χ1v) is 26.0. The zero-order chi connectivity index (χ0) is 48.5. The van der Waals surface area contributed by atoms with E-state index in [-0.39, 0.29) is 5.56 Å². The van der Waals surface area contributed by atoms with E-state index >= 15 is 0 Å². The molecule has 0 radical (unpaired) electrons. The lowest BCUT2D eigenvalue weighted by atomic mass is 9.96. The van der Waals surface area contributed by atoms with Crippen LogP contribution in [-0.4, -0.2) is 13.5 Å². The third-order valence-electron chi connectivity index (χ3n) is 15.4. The predicted octanol–water partition coefficient (Wildman–Crippen LogP) is 16.6. The van der Waals surface area contributed by atoms with E-state index in [1.807, 2.05) is 15.7 Å². The van der Waals surface area contributed by atoms with Gasteiger partial charge in [-0.15, -0.1) is 11.3 Å². The number of hydrogen-bond acceptors (Lipinski definition) is 2. The van der Waals surface area contributed by atoms with Crippen LogP contribution in [0.1, 0.15) is 20.3 Å². The normalized spacial score (nSPS) is 12.8. The molecule has 0 atom stereocenters. The topological polar surface area (TPSA) is 31.3 Å². The molecule has 0 N–H and O–H groups in total. The Balaban J connectivity index is 0.988. The third-order valence-corrected chi connectivity index (χ3v) is 16.6. The van der Waals surface area contributed by atoms with E-state index in [0.717, 1.165) is 83.1 Å². The monoisotopic (exact) mass is 951 g/mol. The summed E-state index contributed by atoms with van der Waals surface area (Å²) in [6.07, 6.45) is 4.99. The molecule has 5 aromatic heterocycles. The van der Waals surface area contributed by atoms with Crippen molar-refractivity contribution in [2.24, 2.45) is 0 Å². The third kappa shape index (κ3) is 6.10. The van der Waals surface area contributed by atoms with Crippen LogP contribution in [0.4, 0.5) is 0 Å². The molecule has 0 saturated carbocycles. The number of thiophene rings is 1. The van der Waals surface area contributed by atoms with Crippen molar-refractivity contribution in [3.05, 3.63) is 233 Å². The van der Waals surface area contributed by atoms with Crippen LogP contribution in [0.15, 0.2) is 217 Å². The van der Waals surface area contributed by atoms with E-state index in [9.17, 15) is 4.79 Å². The molecular weight excluding hydrogens is 907 g/mol. The SMILES string of the molecule is C/C=c1\c(=C/CC)c(=O)n2c3ccc(-c4ccccc4)cc3c3cc(-c4cc(-n5c6ccccc6c6cc(-c7ccc8c9ccccc9n(-c9ccccc9)c8c7)ccc65)cc5c4sc4ccccc45)cc1c32. The molecule has 0 aliphatic heterocycles. The Labute approximate surface area is 423 Å². The Morgan fingerprint density at radius 3 is 1.73 bits per heavy atom. The van der Waals surface area contributed by atoms with Crippen molar-refractivity contribution in [3.8, 4) is 44.8 Å². The second kappa shape index (κ2) is 16.0. The van der Waals surface area contributed by atoms with E-state index in [1.54, 1.807) is 0 Å². The highest BCUT2D eigenvalue weighted by molar-refractivity contribution is 7.26. The summed E-state index contributed by atoms with van der Waals surface area (Å²) in [5.41, 5.74) is 15.8. The van der Waals surface area contributed by atoms with Crippen molar-refractivity contribution in [1.29, 1.82) is 0 Å². The molecule has 5 heterocycles. The highest BCUT2D eigenvalue weighted by Gasteiger charge is 2.23. The molecular formula is C68H45N3OS. The van der Waals surface area contributed by atoms with Gasteiger partial charge in [-0.2, -0.15) is 0 Å². The molecule has 0 amide bonds. The lowest BCUT2D eigenvalue weighted by Gasteiger charge is -2.14. The standard InChI is InChI=1S/C68H45N3OS/c1-3-17-53-48(4-2)57-36-45(37-58-56-34-42(41-18-7-5-8-19-41)29-33-63(56)71(66(57)58)68(53)72)54-39-47(40-59-52-24-13-16-27-65(52)73-67(54)59)70-61-26-15-12-23-50(61)55-35-43(30-32-62(55)70)44-28-31-51-49-22-11-14-25-60(49)69(64(51)38-44)46-20-9-6-10-21-46/h4-40H,3H2,1-2H3/b48-4+,53-17+. The number of benzene rings is 10. The predicted molar refractivity (Wildman–Crippen MR) is 312 cm³/mol. The number of fused-ring (bicyclic) bond motifs is 12. The van der Waals surface area contributed by atoms with Crippen molar-refractivity contribution in [2.45, 2.75) is 20.3 Å². The van der Waals surface area contributed by atoms with Crippen molar-refractivity contribution < 1.29 is 0 Å². The minimum Gasteiger partial charge on any atom is -0.309 e. The fraction of sp³-hybridized carbons (Fsp3) is 0.0441. The summed E-state index contributed by atoms with van der Waals surface area (Å²) in [4.78, 5) is 14.7. The molecule has 4 nitrogen and oxygen atoms in total. The Hall–Kier alpha value is -9.03. The van der Waals surface area contributed by atoms with Crippen LogP contribution in [0, 0.1) is 0 Å². The van der Waals surface area contributed by atoms with Crippen LogP contribution in [0.5, 0.6) is 0 Å². The molecule has 0 aliphatic rings. The first-order chi connectivity index (χ1) is 36.0. The Morgan fingerprint density at radius 2 is 0.973 bits per heavy atom. The molecule has 0 unspecified atom stereocenters. The van der Waals surface area contributed by atoms with E-state index in [1.165, 1.54) is 69.4 Å². The van der Waals surface area contributed by atoms with Gasteiger partial charge in [-0.05, 0) is 131 Å². The molecule has 15 aromatic rings. The highest BCUT2D eigenvalue weighted by Crippen LogP contribution is 2.46. The first-order valence-electron chi connectivity index (χ1n) is 25.2. The van der Waals surface area contributed by atoms with Gasteiger partial charge in [0.1, 0.15) is 0 Å². The summed E-state index contributed by atoms with van der Waals surface area (Å²) in [5.74, 6) is 0. The zero-order valence-corrected chi connectivity index (χ0v) is 41.0. The van der Waals surface area contributed by atoms with Crippen LogP contribution in [0.2, 0.25) is 0 Å². The number of rotatable bonds is 6. The average molecular weight is 952 g/mol. The number of aromatic nitrogens is 3. The van der Waals surface area contributed by atoms with Crippen LogP contribution in [0.3, 0.4) is 0 Å².